The highest BCUT2D eigenvalue weighted by Gasteiger charge is 2.15. The Hall–Kier alpha value is -1.75. The van der Waals surface area contributed by atoms with E-state index in [0.717, 1.165) is 22.6 Å². The average molecular weight is 237 g/mol. The molecular formula is C12H15NO4. The topological polar surface area (TPSA) is 67.8 Å². The number of aliphatic hydroxyl groups is 1. The van der Waals surface area contributed by atoms with Crippen molar-refractivity contribution in [3.05, 3.63) is 23.3 Å². The molecule has 0 aromatic heterocycles. The predicted octanol–water partition coefficient (Wildman–Crippen LogP) is 0.375. The Morgan fingerprint density at radius 1 is 1.41 bits per heavy atom. The van der Waals surface area contributed by atoms with Gasteiger partial charge < -0.3 is 19.9 Å². The van der Waals surface area contributed by atoms with Crippen molar-refractivity contribution in [3.8, 4) is 11.5 Å². The SMILES string of the molecule is Cc1cc2c(cc1CCNC(=O)CO)OCO2. The van der Waals surface area contributed by atoms with Crippen LogP contribution in [0.25, 0.3) is 0 Å². The third-order valence-electron chi connectivity index (χ3n) is 2.69. The van der Waals surface area contributed by atoms with Crippen molar-refractivity contribution in [2.75, 3.05) is 19.9 Å². The van der Waals surface area contributed by atoms with Crippen LogP contribution < -0.4 is 14.8 Å². The van der Waals surface area contributed by atoms with Gasteiger partial charge in [-0.15, -0.1) is 0 Å². The largest absolute Gasteiger partial charge is 0.454 e. The van der Waals surface area contributed by atoms with Gasteiger partial charge in [0.05, 0.1) is 0 Å². The lowest BCUT2D eigenvalue weighted by molar-refractivity contribution is -0.123. The van der Waals surface area contributed by atoms with Crippen LogP contribution in [-0.2, 0) is 11.2 Å². The zero-order chi connectivity index (χ0) is 12.3. The van der Waals surface area contributed by atoms with E-state index in [-0.39, 0.29) is 12.7 Å². The minimum atomic E-state index is -0.472. The van der Waals surface area contributed by atoms with E-state index in [0.29, 0.717) is 13.0 Å². The van der Waals surface area contributed by atoms with E-state index in [1.807, 2.05) is 19.1 Å². The molecule has 2 rings (SSSR count). The molecule has 1 aliphatic heterocycles. The van der Waals surface area contributed by atoms with Crippen molar-refractivity contribution in [1.29, 1.82) is 0 Å². The Kier molecular flexibility index (Phi) is 3.49. The second kappa shape index (κ2) is 5.05. The molecule has 1 aliphatic rings. The molecule has 1 aromatic carbocycles. The van der Waals surface area contributed by atoms with Crippen LogP contribution in [0.2, 0.25) is 0 Å². The minimum Gasteiger partial charge on any atom is -0.454 e. The van der Waals surface area contributed by atoms with Gasteiger partial charge in [0.15, 0.2) is 11.5 Å². The first kappa shape index (κ1) is 11.7. The van der Waals surface area contributed by atoms with Gasteiger partial charge in [-0.05, 0) is 36.6 Å². The highest BCUT2D eigenvalue weighted by molar-refractivity contribution is 5.76. The molecule has 1 heterocycles. The summed E-state index contributed by atoms with van der Waals surface area (Å²) in [6.45, 7) is 2.28. The molecule has 5 nitrogen and oxygen atoms in total. The molecule has 2 N–H and O–H groups in total. The molecule has 0 bridgehead atoms. The van der Waals surface area contributed by atoms with Crippen molar-refractivity contribution in [3.63, 3.8) is 0 Å². The van der Waals surface area contributed by atoms with Gasteiger partial charge in [0.25, 0.3) is 0 Å². The molecule has 1 amide bonds. The number of carbonyl (C=O) groups excluding carboxylic acids is 1. The molecule has 0 unspecified atom stereocenters. The summed E-state index contributed by atoms with van der Waals surface area (Å²) in [7, 11) is 0. The molecular weight excluding hydrogens is 222 g/mol. The molecule has 0 spiro atoms. The van der Waals surface area contributed by atoms with E-state index >= 15 is 0 Å². The first-order valence-electron chi connectivity index (χ1n) is 5.47. The molecule has 0 aliphatic carbocycles. The van der Waals surface area contributed by atoms with Gasteiger partial charge in [0.2, 0.25) is 12.7 Å². The Bertz CT molecular complexity index is 431. The lowest BCUT2D eigenvalue weighted by Crippen LogP contribution is -2.28. The molecule has 5 heteroatoms. The van der Waals surface area contributed by atoms with Crippen LogP contribution in [-0.4, -0.2) is 31.0 Å². The van der Waals surface area contributed by atoms with E-state index < -0.39 is 6.61 Å². The van der Waals surface area contributed by atoms with Crippen molar-refractivity contribution in [2.24, 2.45) is 0 Å². The number of rotatable bonds is 4. The number of aliphatic hydroxyl groups excluding tert-OH is 1. The molecule has 0 fully saturated rings. The number of hydrogen-bond donors (Lipinski definition) is 2. The molecule has 1 aromatic rings. The fourth-order valence-electron chi connectivity index (χ4n) is 1.75. The van der Waals surface area contributed by atoms with Gasteiger partial charge in [-0.3, -0.25) is 4.79 Å². The fraction of sp³-hybridized carbons (Fsp3) is 0.417. The smallest absolute Gasteiger partial charge is 0.245 e. The summed E-state index contributed by atoms with van der Waals surface area (Å²) in [5.41, 5.74) is 2.21. The predicted molar refractivity (Wildman–Crippen MR) is 61.1 cm³/mol. The van der Waals surface area contributed by atoms with Gasteiger partial charge in [-0.25, -0.2) is 0 Å². The summed E-state index contributed by atoms with van der Waals surface area (Å²) >= 11 is 0. The van der Waals surface area contributed by atoms with Crippen LogP contribution in [0.3, 0.4) is 0 Å². The summed E-state index contributed by atoms with van der Waals surface area (Å²) in [4.78, 5) is 10.9. The number of carbonyl (C=O) groups is 1. The second-order valence-electron chi connectivity index (χ2n) is 3.89. The van der Waals surface area contributed by atoms with Crippen LogP contribution >= 0.6 is 0 Å². The Morgan fingerprint density at radius 2 is 2.12 bits per heavy atom. The molecule has 92 valence electrons. The van der Waals surface area contributed by atoms with E-state index in [1.165, 1.54) is 0 Å². The molecule has 17 heavy (non-hydrogen) atoms. The summed E-state index contributed by atoms with van der Waals surface area (Å²) in [6, 6.07) is 3.87. The molecule has 0 atom stereocenters. The van der Waals surface area contributed by atoms with Crippen LogP contribution in [0.5, 0.6) is 11.5 Å². The quantitative estimate of drug-likeness (QED) is 0.794. The number of benzene rings is 1. The average Bonchev–Trinajstić information content (AvgIpc) is 2.76. The monoisotopic (exact) mass is 237 g/mol. The Labute approximate surface area is 99.3 Å². The van der Waals surface area contributed by atoms with Crippen molar-refractivity contribution in [1.82, 2.24) is 5.32 Å². The van der Waals surface area contributed by atoms with Gasteiger partial charge >= 0.3 is 0 Å². The Balaban J connectivity index is 1.99. The first-order valence-corrected chi connectivity index (χ1v) is 5.47. The highest BCUT2D eigenvalue weighted by atomic mass is 16.7. The highest BCUT2D eigenvalue weighted by Crippen LogP contribution is 2.34. The van der Waals surface area contributed by atoms with Gasteiger partial charge in [0.1, 0.15) is 6.61 Å². The van der Waals surface area contributed by atoms with E-state index in [1.54, 1.807) is 0 Å². The van der Waals surface area contributed by atoms with Crippen LogP contribution in [0.4, 0.5) is 0 Å². The van der Waals surface area contributed by atoms with Crippen LogP contribution in [0.15, 0.2) is 12.1 Å². The number of aryl methyl sites for hydroxylation is 1. The van der Waals surface area contributed by atoms with E-state index in [9.17, 15) is 4.79 Å². The minimum absolute atomic E-state index is 0.263. The summed E-state index contributed by atoms with van der Waals surface area (Å²) in [6.07, 6.45) is 0.703. The number of hydrogen-bond acceptors (Lipinski definition) is 4. The lowest BCUT2D eigenvalue weighted by atomic mass is 10.0. The van der Waals surface area contributed by atoms with Gasteiger partial charge in [-0.2, -0.15) is 0 Å². The number of amides is 1. The fourth-order valence-corrected chi connectivity index (χ4v) is 1.75. The number of ether oxygens (including phenoxy) is 2. The van der Waals surface area contributed by atoms with Crippen LogP contribution in [0.1, 0.15) is 11.1 Å². The summed E-state index contributed by atoms with van der Waals surface area (Å²) in [5.74, 6) is 1.16. The third-order valence-corrected chi connectivity index (χ3v) is 2.69. The van der Waals surface area contributed by atoms with Gasteiger partial charge in [-0.1, -0.05) is 0 Å². The maximum atomic E-state index is 10.9. The van der Waals surface area contributed by atoms with E-state index in [2.05, 4.69) is 5.32 Å². The van der Waals surface area contributed by atoms with Crippen molar-refractivity contribution < 1.29 is 19.4 Å². The molecule has 0 saturated heterocycles. The lowest BCUT2D eigenvalue weighted by Gasteiger charge is -2.08. The molecule has 0 radical (unpaired) electrons. The Morgan fingerprint density at radius 3 is 2.82 bits per heavy atom. The normalized spacial score (nSPS) is 12.6. The third kappa shape index (κ3) is 2.68. The van der Waals surface area contributed by atoms with Crippen LogP contribution in [0, 0.1) is 6.92 Å². The second-order valence-corrected chi connectivity index (χ2v) is 3.89. The number of nitrogens with one attached hydrogen (secondary N) is 1. The zero-order valence-electron chi connectivity index (χ0n) is 9.66. The summed E-state index contributed by atoms with van der Waals surface area (Å²) < 4.78 is 10.6. The van der Waals surface area contributed by atoms with E-state index in [4.69, 9.17) is 14.6 Å². The number of fused-ring (bicyclic) bond motifs is 1. The first-order chi connectivity index (χ1) is 8.20. The zero-order valence-corrected chi connectivity index (χ0v) is 9.66. The standard InChI is InChI=1S/C12H15NO4/c1-8-4-10-11(17-7-16-10)5-9(8)2-3-13-12(15)6-14/h4-5,14H,2-3,6-7H2,1H3,(H,13,15). The maximum Gasteiger partial charge on any atom is 0.245 e. The van der Waals surface area contributed by atoms with Crippen molar-refractivity contribution in [2.45, 2.75) is 13.3 Å². The van der Waals surface area contributed by atoms with Crippen molar-refractivity contribution >= 4 is 5.91 Å². The van der Waals surface area contributed by atoms with Gasteiger partial charge in [0, 0.05) is 6.54 Å². The maximum absolute atomic E-state index is 10.9. The summed E-state index contributed by atoms with van der Waals surface area (Å²) in [5, 5.41) is 11.2. The molecule has 0 saturated carbocycles.